The van der Waals surface area contributed by atoms with E-state index >= 15 is 0 Å². The molecule has 0 radical (unpaired) electrons. The quantitative estimate of drug-likeness (QED) is 0.652. The van der Waals surface area contributed by atoms with Crippen molar-refractivity contribution >= 4 is 23.2 Å². The Morgan fingerprint density at radius 2 is 1.39 bits per heavy atom. The summed E-state index contributed by atoms with van der Waals surface area (Å²) in [6.45, 7) is 1.63. The van der Waals surface area contributed by atoms with E-state index < -0.39 is 11.8 Å². The van der Waals surface area contributed by atoms with Crippen LogP contribution in [-0.4, -0.2) is 42.9 Å². The van der Waals surface area contributed by atoms with E-state index in [-0.39, 0.29) is 5.82 Å². The molecule has 1 aliphatic rings. The monoisotopic (exact) mass is 419 g/mol. The minimum Gasteiger partial charge on any atom is -0.457 e. The van der Waals surface area contributed by atoms with E-state index in [1.807, 2.05) is 35.2 Å². The van der Waals surface area contributed by atoms with Gasteiger partial charge in [-0.05, 0) is 48.5 Å². The van der Waals surface area contributed by atoms with E-state index in [2.05, 4.69) is 5.32 Å². The number of ether oxygens (including phenoxy) is 1. The minimum absolute atomic E-state index is 0.292. The lowest BCUT2D eigenvalue weighted by Crippen LogP contribution is -2.51. The number of carbonyl (C=O) groups excluding carboxylic acids is 2. The molecular weight excluding hydrogens is 397 g/mol. The summed E-state index contributed by atoms with van der Waals surface area (Å²) in [5.41, 5.74) is 1.01. The standard InChI is InChI=1S/C24H22FN3O3/c25-21-8-4-5-9-22(21)27-14-16-28(17-15-27)24(30)23(29)26-18-10-12-20(13-11-18)31-19-6-2-1-3-7-19/h1-13H,14-17H2,(H,26,29). The lowest BCUT2D eigenvalue weighted by Gasteiger charge is -2.35. The second kappa shape index (κ2) is 9.30. The molecule has 0 saturated carbocycles. The summed E-state index contributed by atoms with van der Waals surface area (Å²) < 4.78 is 19.7. The van der Waals surface area contributed by atoms with Crippen molar-refractivity contribution in [1.82, 2.24) is 4.90 Å². The molecule has 3 aromatic rings. The number of amides is 2. The van der Waals surface area contributed by atoms with Gasteiger partial charge < -0.3 is 19.9 Å². The van der Waals surface area contributed by atoms with Crippen molar-refractivity contribution in [2.45, 2.75) is 0 Å². The van der Waals surface area contributed by atoms with Crippen LogP contribution in [0.15, 0.2) is 78.9 Å². The van der Waals surface area contributed by atoms with E-state index in [1.54, 1.807) is 42.5 Å². The molecule has 1 aliphatic heterocycles. The average molecular weight is 419 g/mol. The van der Waals surface area contributed by atoms with E-state index in [0.29, 0.717) is 49.1 Å². The molecular formula is C24H22FN3O3. The SMILES string of the molecule is O=C(Nc1ccc(Oc2ccccc2)cc1)C(=O)N1CCN(c2ccccc2F)CC1. The van der Waals surface area contributed by atoms with Gasteiger partial charge in [0, 0.05) is 31.9 Å². The van der Waals surface area contributed by atoms with Crippen LogP contribution in [0.3, 0.4) is 0 Å². The Kier molecular flexibility index (Phi) is 6.12. The van der Waals surface area contributed by atoms with Gasteiger partial charge >= 0.3 is 11.8 Å². The third-order valence-corrected chi connectivity index (χ3v) is 5.05. The number of hydrogen-bond donors (Lipinski definition) is 1. The summed E-state index contributed by atoms with van der Waals surface area (Å²) in [5.74, 6) is -0.252. The highest BCUT2D eigenvalue weighted by Gasteiger charge is 2.27. The fraction of sp³-hybridized carbons (Fsp3) is 0.167. The van der Waals surface area contributed by atoms with Crippen LogP contribution in [0.2, 0.25) is 0 Å². The Bertz CT molecular complexity index is 1050. The lowest BCUT2D eigenvalue weighted by atomic mass is 10.2. The number of nitrogens with zero attached hydrogens (tertiary/aromatic N) is 2. The average Bonchev–Trinajstić information content (AvgIpc) is 2.81. The Hall–Kier alpha value is -3.87. The van der Waals surface area contributed by atoms with Crippen LogP contribution in [0, 0.1) is 5.82 Å². The molecule has 2 amide bonds. The summed E-state index contributed by atoms with van der Waals surface area (Å²) in [6, 6.07) is 22.7. The summed E-state index contributed by atoms with van der Waals surface area (Å²) in [4.78, 5) is 28.3. The number of para-hydroxylation sites is 2. The zero-order chi connectivity index (χ0) is 21.6. The number of rotatable bonds is 4. The van der Waals surface area contributed by atoms with E-state index in [1.165, 1.54) is 11.0 Å². The molecule has 1 fully saturated rings. The number of carbonyl (C=O) groups is 2. The van der Waals surface area contributed by atoms with Gasteiger partial charge in [0.1, 0.15) is 17.3 Å². The van der Waals surface area contributed by atoms with Crippen LogP contribution in [0.25, 0.3) is 0 Å². The second-order valence-corrected chi connectivity index (χ2v) is 7.12. The first-order valence-electron chi connectivity index (χ1n) is 10.0. The first-order chi connectivity index (χ1) is 15.1. The molecule has 0 aliphatic carbocycles. The van der Waals surface area contributed by atoms with Crippen molar-refractivity contribution in [3.63, 3.8) is 0 Å². The smallest absolute Gasteiger partial charge is 0.313 e. The number of benzene rings is 3. The predicted octanol–water partition coefficient (Wildman–Crippen LogP) is 3.91. The van der Waals surface area contributed by atoms with Crippen molar-refractivity contribution in [3.05, 3.63) is 84.7 Å². The first-order valence-corrected chi connectivity index (χ1v) is 10.0. The maximum Gasteiger partial charge on any atom is 0.313 e. The highest BCUT2D eigenvalue weighted by Crippen LogP contribution is 2.23. The van der Waals surface area contributed by atoms with Crippen molar-refractivity contribution in [3.8, 4) is 11.5 Å². The molecule has 1 N–H and O–H groups in total. The topological polar surface area (TPSA) is 61.9 Å². The maximum absolute atomic E-state index is 14.0. The van der Waals surface area contributed by atoms with Gasteiger partial charge in [0.05, 0.1) is 5.69 Å². The highest BCUT2D eigenvalue weighted by atomic mass is 19.1. The van der Waals surface area contributed by atoms with Crippen molar-refractivity contribution in [2.75, 3.05) is 36.4 Å². The Labute approximate surface area is 179 Å². The zero-order valence-corrected chi connectivity index (χ0v) is 16.8. The van der Waals surface area contributed by atoms with Gasteiger partial charge in [-0.2, -0.15) is 0 Å². The summed E-state index contributed by atoms with van der Waals surface area (Å²) >= 11 is 0. The van der Waals surface area contributed by atoms with Crippen LogP contribution in [-0.2, 0) is 9.59 Å². The van der Waals surface area contributed by atoms with Crippen LogP contribution >= 0.6 is 0 Å². The first kappa shape index (κ1) is 20.4. The maximum atomic E-state index is 14.0. The molecule has 0 bridgehead atoms. The molecule has 158 valence electrons. The Morgan fingerprint density at radius 1 is 0.774 bits per heavy atom. The van der Waals surface area contributed by atoms with Gasteiger partial charge in [0.2, 0.25) is 0 Å². The molecule has 0 atom stereocenters. The van der Waals surface area contributed by atoms with Crippen LogP contribution < -0.4 is 15.0 Å². The third kappa shape index (κ3) is 5.01. The summed E-state index contributed by atoms with van der Waals surface area (Å²) in [6.07, 6.45) is 0. The van der Waals surface area contributed by atoms with Gasteiger partial charge in [-0.3, -0.25) is 9.59 Å². The number of hydrogen-bond acceptors (Lipinski definition) is 4. The number of nitrogens with one attached hydrogen (secondary N) is 1. The molecule has 3 aromatic carbocycles. The largest absolute Gasteiger partial charge is 0.457 e. The van der Waals surface area contributed by atoms with E-state index in [9.17, 15) is 14.0 Å². The molecule has 0 unspecified atom stereocenters. The predicted molar refractivity (Wildman–Crippen MR) is 117 cm³/mol. The lowest BCUT2D eigenvalue weighted by molar-refractivity contribution is -0.143. The van der Waals surface area contributed by atoms with Gasteiger partial charge in [0.15, 0.2) is 0 Å². The normalized spacial score (nSPS) is 13.6. The van der Waals surface area contributed by atoms with Gasteiger partial charge in [-0.15, -0.1) is 0 Å². The molecule has 0 spiro atoms. The minimum atomic E-state index is -0.698. The highest BCUT2D eigenvalue weighted by molar-refractivity contribution is 6.39. The summed E-state index contributed by atoms with van der Waals surface area (Å²) in [5, 5.41) is 2.62. The number of anilines is 2. The van der Waals surface area contributed by atoms with Gasteiger partial charge in [0.25, 0.3) is 0 Å². The molecule has 4 rings (SSSR count). The van der Waals surface area contributed by atoms with Gasteiger partial charge in [-0.1, -0.05) is 30.3 Å². The molecule has 1 saturated heterocycles. The fourth-order valence-corrected chi connectivity index (χ4v) is 3.42. The Balaban J connectivity index is 1.30. The Morgan fingerprint density at radius 3 is 2.06 bits per heavy atom. The van der Waals surface area contributed by atoms with Crippen LogP contribution in [0.1, 0.15) is 0 Å². The second-order valence-electron chi connectivity index (χ2n) is 7.12. The molecule has 7 heteroatoms. The summed E-state index contributed by atoms with van der Waals surface area (Å²) in [7, 11) is 0. The molecule has 31 heavy (non-hydrogen) atoms. The van der Waals surface area contributed by atoms with E-state index in [0.717, 1.165) is 0 Å². The van der Waals surface area contributed by atoms with Crippen LogP contribution in [0.4, 0.5) is 15.8 Å². The van der Waals surface area contributed by atoms with Crippen molar-refractivity contribution < 1.29 is 18.7 Å². The van der Waals surface area contributed by atoms with E-state index in [4.69, 9.17) is 4.74 Å². The van der Waals surface area contributed by atoms with Gasteiger partial charge in [-0.25, -0.2) is 4.39 Å². The molecule has 6 nitrogen and oxygen atoms in total. The molecule has 0 aromatic heterocycles. The fourth-order valence-electron chi connectivity index (χ4n) is 3.42. The zero-order valence-electron chi connectivity index (χ0n) is 16.8. The van der Waals surface area contributed by atoms with Crippen molar-refractivity contribution in [1.29, 1.82) is 0 Å². The van der Waals surface area contributed by atoms with Crippen molar-refractivity contribution in [2.24, 2.45) is 0 Å². The number of halogens is 1. The third-order valence-electron chi connectivity index (χ3n) is 5.05. The molecule has 1 heterocycles. The van der Waals surface area contributed by atoms with Crippen LogP contribution in [0.5, 0.6) is 11.5 Å². The number of piperazine rings is 1.